The van der Waals surface area contributed by atoms with Crippen LogP contribution in [0.5, 0.6) is 0 Å². The minimum absolute atomic E-state index is 0.00325. The number of rotatable bonds is 5. The molecule has 0 saturated carbocycles. The first kappa shape index (κ1) is 19.3. The summed E-state index contributed by atoms with van der Waals surface area (Å²) in [5.74, 6) is 0.799. The summed E-state index contributed by atoms with van der Waals surface area (Å²) in [6.07, 6.45) is 4.28. The molecule has 2 aliphatic heterocycles. The van der Waals surface area contributed by atoms with Crippen molar-refractivity contribution in [3.63, 3.8) is 0 Å². The molecule has 3 rings (SSSR count). The molecule has 0 bridgehead atoms. The van der Waals surface area contributed by atoms with Gasteiger partial charge in [-0.2, -0.15) is 4.31 Å². The lowest BCUT2D eigenvalue weighted by Gasteiger charge is -2.33. The number of sulfonamides is 1. The van der Waals surface area contributed by atoms with Crippen molar-refractivity contribution in [2.75, 3.05) is 26.2 Å². The van der Waals surface area contributed by atoms with Crippen LogP contribution >= 0.6 is 0 Å². The van der Waals surface area contributed by atoms with Crippen LogP contribution in [0, 0.1) is 11.8 Å². The highest BCUT2D eigenvalue weighted by Gasteiger charge is 2.31. The second-order valence-electron chi connectivity index (χ2n) is 7.59. The number of piperidine rings is 2. The zero-order valence-electron chi connectivity index (χ0n) is 15.4. The van der Waals surface area contributed by atoms with Crippen molar-refractivity contribution in [2.24, 2.45) is 11.8 Å². The third-order valence-corrected chi connectivity index (χ3v) is 7.28. The van der Waals surface area contributed by atoms with Crippen LogP contribution in [0.25, 0.3) is 0 Å². The molecule has 6 nitrogen and oxygen atoms in total. The Hall–Kier alpha value is -1.44. The fraction of sp³-hybridized carbons (Fsp3) is 0.632. The van der Waals surface area contributed by atoms with Gasteiger partial charge in [0.25, 0.3) is 0 Å². The van der Waals surface area contributed by atoms with E-state index in [0.717, 1.165) is 44.7 Å². The highest BCUT2D eigenvalue weighted by molar-refractivity contribution is 7.89. The SMILES string of the molecule is CC1CCN(NC(=O)CC2CCCN(S(=O)(=O)c3ccccc3)C2)CC1. The second-order valence-corrected chi connectivity index (χ2v) is 9.53. The molecule has 26 heavy (non-hydrogen) atoms. The monoisotopic (exact) mass is 379 g/mol. The predicted molar refractivity (Wildman–Crippen MR) is 101 cm³/mol. The molecule has 7 heteroatoms. The van der Waals surface area contributed by atoms with E-state index in [4.69, 9.17) is 0 Å². The Morgan fingerprint density at radius 3 is 2.50 bits per heavy atom. The van der Waals surface area contributed by atoms with E-state index in [-0.39, 0.29) is 11.8 Å². The van der Waals surface area contributed by atoms with Gasteiger partial charge in [0, 0.05) is 32.6 Å². The highest BCUT2D eigenvalue weighted by Crippen LogP contribution is 2.25. The summed E-state index contributed by atoms with van der Waals surface area (Å²) in [5, 5.41) is 2.00. The summed E-state index contributed by atoms with van der Waals surface area (Å²) in [4.78, 5) is 12.7. The van der Waals surface area contributed by atoms with E-state index in [1.54, 1.807) is 24.3 Å². The van der Waals surface area contributed by atoms with Crippen LogP contribution in [0.2, 0.25) is 0 Å². The van der Waals surface area contributed by atoms with E-state index in [1.807, 2.05) is 11.1 Å². The van der Waals surface area contributed by atoms with E-state index in [9.17, 15) is 13.2 Å². The Kier molecular flexibility index (Phi) is 6.32. The van der Waals surface area contributed by atoms with E-state index < -0.39 is 10.0 Å². The third-order valence-electron chi connectivity index (χ3n) is 5.40. The average molecular weight is 380 g/mol. The van der Waals surface area contributed by atoms with Gasteiger partial charge >= 0.3 is 0 Å². The lowest BCUT2D eigenvalue weighted by Crippen LogP contribution is -2.48. The maximum absolute atomic E-state index is 12.8. The van der Waals surface area contributed by atoms with Gasteiger partial charge in [-0.15, -0.1) is 0 Å². The normalized spacial score (nSPS) is 23.7. The Morgan fingerprint density at radius 2 is 1.81 bits per heavy atom. The summed E-state index contributed by atoms with van der Waals surface area (Å²) >= 11 is 0. The lowest BCUT2D eigenvalue weighted by molar-refractivity contribution is -0.127. The molecule has 0 aromatic heterocycles. The fourth-order valence-electron chi connectivity index (χ4n) is 3.76. The van der Waals surface area contributed by atoms with Gasteiger partial charge in [0.1, 0.15) is 0 Å². The molecule has 1 N–H and O–H groups in total. The fourth-order valence-corrected chi connectivity index (χ4v) is 5.33. The summed E-state index contributed by atoms with van der Waals surface area (Å²) in [6.45, 7) is 4.97. The van der Waals surface area contributed by atoms with Gasteiger partial charge in [0.05, 0.1) is 4.90 Å². The van der Waals surface area contributed by atoms with Gasteiger partial charge < -0.3 is 0 Å². The number of hydrogen-bond acceptors (Lipinski definition) is 4. The maximum Gasteiger partial charge on any atom is 0.243 e. The quantitative estimate of drug-likeness (QED) is 0.852. The van der Waals surface area contributed by atoms with Crippen LogP contribution in [0.3, 0.4) is 0 Å². The van der Waals surface area contributed by atoms with Crippen LogP contribution in [0.4, 0.5) is 0 Å². The van der Waals surface area contributed by atoms with Gasteiger partial charge in [0.15, 0.2) is 0 Å². The van der Waals surface area contributed by atoms with Crippen molar-refractivity contribution in [2.45, 2.75) is 43.9 Å². The molecule has 144 valence electrons. The first-order valence-corrected chi connectivity index (χ1v) is 11.0. The van der Waals surface area contributed by atoms with E-state index in [1.165, 1.54) is 4.31 Å². The number of hydrazine groups is 1. The Balaban J connectivity index is 1.54. The topological polar surface area (TPSA) is 69.7 Å². The maximum atomic E-state index is 12.8. The molecule has 0 spiro atoms. The van der Waals surface area contributed by atoms with Crippen molar-refractivity contribution in [1.82, 2.24) is 14.7 Å². The second kappa shape index (κ2) is 8.50. The van der Waals surface area contributed by atoms with Gasteiger partial charge in [-0.25, -0.2) is 13.4 Å². The van der Waals surface area contributed by atoms with Crippen LogP contribution in [-0.2, 0) is 14.8 Å². The van der Waals surface area contributed by atoms with Gasteiger partial charge in [-0.05, 0) is 49.7 Å². The van der Waals surface area contributed by atoms with Crippen molar-refractivity contribution in [3.8, 4) is 0 Å². The zero-order valence-corrected chi connectivity index (χ0v) is 16.2. The molecular formula is C19H29N3O3S. The standard InChI is InChI=1S/C19H29N3O3S/c1-16-9-12-21(13-10-16)20-19(23)14-17-6-5-11-22(15-17)26(24,25)18-7-3-2-4-8-18/h2-4,7-8,16-17H,5-6,9-15H2,1H3,(H,20,23). The number of amides is 1. The summed E-state index contributed by atoms with van der Waals surface area (Å²) in [6, 6.07) is 8.54. The molecule has 1 aromatic carbocycles. The third kappa shape index (κ3) is 4.84. The first-order chi connectivity index (χ1) is 12.4. The minimum Gasteiger partial charge on any atom is -0.289 e. The molecule has 1 unspecified atom stereocenters. The number of carbonyl (C=O) groups is 1. The Bertz CT molecular complexity index is 700. The van der Waals surface area contributed by atoms with Crippen LogP contribution in [-0.4, -0.2) is 49.8 Å². The molecule has 2 heterocycles. The summed E-state index contributed by atoms with van der Waals surface area (Å²) < 4.78 is 27.1. The van der Waals surface area contributed by atoms with Crippen molar-refractivity contribution in [1.29, 1.82) is 0 Å². The Morgan fingerprint density at radius 1 is 1.12 bits per heavy atom. The molecule has 1 aromatic rings. The van der Waals surface area contributed by atoms with E-state index in [2.05, 4.69) is 12.3 Å². The predicted octanol–water partition coefficient (Wildman–Crippen LogP) is 2.24. The lowest BCUT2D eigenvalue weighted by atomic mass is 9.96. The first-order valence-electron chi connectivity index (χ1n) is 9.55. The summed E-state index contributed by atoms with van der Waals surface area (Å²) in [5.41, 5.74) is 3.00. The van der Waals surface area contributed by atoms with Crippen LogP contribution < -0.4 is 5.43 Å². The molecule has 2 fully saturated rings. The van der Waals surface area contributed by atoms with Gasteiger partial charge in [0.2, 0.25) is 15.9 Å². The highest BCUT2D eigenvalue weighted by atomic mass is 32.2. The number of hydrogen-bond donors (Lipinski definition) is 1. The van der Waals surface area contributed by atoms with E-state index in [0.29, 0.717) is 24.4 Å². The van der Waals surface area contributed by atoms with Crippen LogP contribution in [0.15, 0.2) is 35.2 Å². The van der Waals surface area contributed by atoms with Gasteiger partial charge in [-0.3, -0.25) is 10.2 Å². The Labute approximate surface area is 156 Å². The van der Waals surface area contributed by atoms with Crippen molar-refractivity contribution < 1.29 is 13.2 Å². The molecule has 1 amide bonds. The number of nitrogens with zero attached hydrogens (tertiary/aromatic N) is 2. The molecule has 2 saturated heterocycles. The largest absolute Gasteiger partial charge is 0.289 e. The van der Waals surface area contributed by atoms with Gasteiger partial charge in [-0.1, -0.05) is 25.1 Å². The smallest absolute Gasteiger partial charge is 0.243 e. The molecule has 0 radical (unpaired) electrons. The minimum atomic E-state index is -3.47. The van der Waals surface area contributed by atoms with Crippen molar-refractivity contribution in [3.05, 3.63) is 30.3 Å². The number of benzene rings is 1. The number of nitrogens with one attached hydrogen (secondary N) is 1. The number of carbonyl (C=O) groups excluding carboxylic acids is 1. The summed E-state index contributed by atoms with van der Waals surface area (Å²) in [7, 11) is -3.47. The molecule has 2 aliphatic rings. The molecular weight excluding hydrogens is 350 g/mol. The molecule has 1 atom stereocenters. The average Bonchev–Trinajstić information content (AvgIpc) is 2.64. The van der Waals surface area contributed by atoms with Crippen molar-refractivity contribution >= 4 is 15.9 Å². The van der Waals surface area contributed by atoms with E-state index >= 15 is 0 Å². The zero-order chi connectivity index (χ0) is 18.6. The van der Waals surface area contributed by atoms with Crippen LogP contribution in [0.1, 0.15) is 39.0 Å². The molecule has 0 aliphatic carbocycles.